The second kappa shape index (κ2) is 8.76. The first kappa shape index (κ1) is 18.3. The van der Waals surface area contributed by atoms with Gasteiger partial charge in [0, 0.05) is 11.3 Å². The molecule has 0 radical (unpaired) electrons. The Hall–Kier alpha value is -2.47. The highest BCUT2D eigenvalue weighted by Crippen LogP contribution is 2.20. The molecule has 0 fully saturated rings. The molecule has 26 heavy (non-hydrogen) atoms. The van der Waals surface area contributed by atoms with Crippen LogP contribution in [0.25, 0.3) is 10.8 Å². The van der Waals surface area contributed by atoms with Crippen molar-refractivity contribution in [1.29, 1.82) is 0 Å². The highest BCUT2D eigenvalue weighted by atomic mass is 32.2. The number of carbonyl (C=O) groups excluding carboxylic acids is 1. The summed E-state index contributed by atoms with van der Waals surface area (Å²) >= 11 is 1.55. The summed E-state index contributed by atoms with van der Waals surface area (Å²) in [7, 11) is 0. The zero-order valence-electron chi connectivity index (χ0n) is 15.0. The number of rotatable bonds is 8. The number of hydrogen-bond acceptors (Lipinski definition) is 5. The lowest BCUT2D eigenvalue weighted by atomic mass is 10.1. The first-order valence-electron chi connectivity index (χ1n) is 8.51. The number of nitrogens with zero attached hydrogens (tertiary/aromatic N) is 1. The third-order valence-electron chi connectivity index (χ3n) is 4.07. The number of carbonyl (C=O) groups is 1. The van der Waals surface area contributed by atoms with E-state index in [9.17, 15) is 4.79 Å². The van der Waals surface area contributed by atoms with Gasteiger partial charge in [-0.15, -0.1) is 11.8 Å². The van der Waals surface area contributed by atoms with Gasteiger partial charge in [0.1, 0.15) is 18.1 Å². The van der Waals surface area contributed by atoms with E-state index in [1.165, 1.54) is 5.39 Å². The molecule has 5 nitrogen and oxygen atoms in total. The molecule has 1 N–H and O–H groups in total. The lowest BCUT2D eigenvalue weighted by Crippen LogP contribution is -2.29. The molecule has 1 heterocycles. The van der Waals surface area contributed by atoms with Gasteiger partial charge >= 0.3 is 0 Å². The van der Waals surface area contributed by atoms with Crippen LogP contribution >= 0.6 is 11.8 Å². The molecule has 0 aliphatic heterocycles. The van der Waals surface area contributed by atoms with Gasteiger partial charge in [-0.1, -0.05) is 35.5 Å². The SMILES string of the molecule is Cc1noc(C)c1CSCC(=O)NCCOc1ccc2ccccc2c1. The molecule has 0 unspecified atom stereocenters. The van der Waals surface area contributed by atoms with Gasteiger partial charge in [-0.05, 0) is 36.8 Å². The normalized spacial score (nSPS) is 10.8. The minimum Gasteiger partial charge on any atom is -0.492 e. The Bertz CT molecular complexity index is 872. The third-order valence-corrected chi connectivity index (χ3v) is 5.03. The van der Waals surface area contributed by atoms with Crippen molar-refractivity contribution in [3.63, 3.8) is 0 Å². The molecule has 0 aliphatic rings. The molecule has 0 aliphatic carbocycles. The number of amides is 1. The fourth-order valence-electron chi connectivity index (χ4n) is 2.62. The lowest BCUT2D eigenvalue weighted by molar-refractivity contribution is -0.118. The second-order valence-electron chi connectivity index (χ2n) is 6.00. The van der Waals surface area contributed by atoms with Crippen LogP contribution in [0.2, 0.25) is 0 Å². The molecule has 1 amide bonds. The molecule has 1 aromatic heterocycles. The predicted molar refractivity (Wildman–Crippen MR) is 105 cm³/mol. The molecule has 136 valence electrons. The molecule has 3 rings (SSSR count). The quantitative estimate of drug-likeness (QED) is 0.610. The average molecular weight is 370 g/mol. The van der Waals surface area contributed by atoms with E-state index in [0.717, 1.165) is 33.9 Å². The molecule has 0 atom stereocenters. The van der Waals surface area contributed by atoms with Crippen molar-refractivity contribution in [2.75, 3.05) is 18.9 Å². The maximum Gasteiger partial charge on any atom is 0.230 e. The van der Waals surface area contributed by atoms with Crippen molar-refractivity contribution >= 4 is 28.4 Å². The number of benzene rings is 2. The van der Waals surface area contributed by atoms with Crippen molar-refractivity contribution in [2.45, 2.75) is 19.6 Å². The van der Waals surface area contributed by atoms with E-state index in [0.29, 0.717) is 18.9 Å². The number of hydrogen-bond donors (Lipinski definition) is 1. The molecule has 3 aromatic rings. The maximum absolute atomic E-state index is 11.9. The fraction of sp³-hybridized carbons (Fsp3) is 0.300. The highest BCUT2D eigenvalue weighted by molar-refractivity contribution is 7.99. The van der Waals surface area contributed by atoms with E-state index < -0.39 is 0 Å². The predicted octanol–water partition coefficient (Wildman–Crippen LogP) is 3.87. The van der Waals surface area contributed by atoms with Crippen LogP contribution in [0, 0.1) is 13.8 Å². The van der Waals surface area contributed by atoms with Gasteiger partial charge in [-0.3, -0.25) is 4.79 Å². The average Bonchev–Trinajstić information content (AvgIpc) is 2.97. The smallest absolute Gasteiger partial charge is 0.230 e. The summed E-state index contributed by atoms with van der Waals surface area (Å²) in [4.78, 5) is 11.9. The zero-order valence-corrected chi connectivity index (χ0v) is 15.8. The van der Waals surface area contributed by atoms with E-state index >= 15 is 0 Å². The van der Waals surface area contributed by atoms with Gasteiger partial charge in [0.15, 0.2) is 0 Å². The number of aromatic nitrogens is 1. The van der Waals surface area contributed by atoms with Crippen LogP contribution in [0.5, 0.6) is 5.75 Å². The van der Waals surface area contributed by atoms with E-state index in [1.807, 2.05) is 44.2 Å². The van der Waals surface area contributed by atoms with Crippen molar-refractivity contribution in [1.82, 2.24) is 10.5 Å². The number of thioether (sulfide) groups is 1. The van der Waals surface area contributed by atoms with Crippen LogP contribution in [0.4, 0.5) is 0 Å². The summed E-state index contributed by atoms with van der Waals surface area (Å²) in [5.74, 6) is 2.76. The van der Waals surface area contributed by atoms with Crippen LogP contribution in [0.1, 0.15) is 17.0 Å². The molecule has 2 aromatic carbocycles. The first-order valence-corrected chi connectivity index (χ1v) is 9.67. The van der Waals surface area contributed by atoms with Gasteiger partial charge in [-0.2, -0.15) is 0 Å². The summed E-state index contributed by atoms with van der Waals surface area (Å²) in [5, 5.41) is 9.12. The maximum atomic E-state index is 11.9. The van der Waals surface area contributed by atoms with Gasteiger partial charge in [0.25, 0.3) is 0 Å². The van der Waals surface area contributed by atoms with E-state index in [1.54, 1.807) is 11.8 Å². The molecule has 0 bridgehead atoms. The summed E-state index contributed by atoms with van der Waals surface area (Å²) in [6.45, 7) is 4.73. The topological polar surface area (TPSA) is 64.4 Å². The number of ether oxygens (including phenoxy) is 1. The Balaban J connectivity index is 1.35. The highest BCUT2D eigenvalue weighted by Gasteiger charge is 2.10. The summed E-state index contributed by atoms with van der Waals surface area (Å²) in [6, 6.07) is 14.1. The Morgan fingerprint density at radius 1 is 1.19 bits per heavy atom. The molecule has 0 saturated heterocycles. The van der Waals surface area contributed by atoms with Crippen LogP contribution in [-0.2, 0) is 10.5 Å². The van der Waals surface area contributed by atoms with Crippen LogP contribution in [-0.4, -0.2) is 30.0 Å². The third kappa shape index (κ3) is 4.79. The molecular formula is C20H22N2O3S. The van der Waals surface area contributed by atoms with Crippen LogP contribution < -0.4 is 10.1 Å². The van der Waals surface area contributed by atoms with Gasteiger partial charge in [-0.25, -0.2) is 0 Å². The zero-order chi connectivity index (χ0) is 18.4. The van der Waals surface area contributed by atoms with Crippen LogP contribution in [0.3, 0.4) is 0 Å². The van der Waals surface area contributed by atoms with Crippen molar-refractivity contribution in [3.05, 3.63) is 59.5 Å². The largest absolute Gasteiger partial charge is 0.492 e. The number of aryl methyl sites for hydroxylation is 2. The van der Waals surface area contributed by atoms with Gasteiger partial charge in [0.05, 0.1) is 18.0 Å². The molecular weight excluding hydrogens is 348 g/mol. The minimum atomic E-state index is 0.00358. The first-order chi connectivity index (χ1) is 12.6. The fourth-order valence-corrected chi connectivity index (χ4v) is 3.63. The van der Waals surface area contributed by atoms with Crippen molar-refractivity contribution in [3.8, 4) is 5.75 Å². The number of nitrogens with one attached hydrogen (secondary N) is 1. The summed E-state index contributed by atoms with van der Waals surface area (Å²) in [5.41, 5.74) is 1.96. The monoisotopic (exact) mass is 370 g/mol. The molecule has 0 saturated carbocycles. The van der Waals surface area contributed by atoms with Crippen molar-refractivity contribution < 1.29 is 14.1 Å². The Morgan fingerprint density at radius 2 is 2.00 bits per heavy atom. The summed E-state index contributed by atoms with van der Waals surface area (Å²) < 4.78 is 10.8. The molecule has 0 spiro atoms. The minimum absolute atomic E-state index is 0.00358. The van der Waals surface area contributed by atoms with E-state index in [4.69, 9.17) is 9.26 Å². The lowest BCUT2D eigenvalue weighted by Gasteiger charge is -2.08. The van der Waals surface area contributed by atoms with Gasteiger partial charge < -0.3 is 14.6 Å². The Morgan fingerprint density at radius 3 is 2.77 bits per heavy atom. The van der Waals surface area contributed by atoms with Crippen molar-refractivity contribution in [2.24, 2.45) is 0 Å². The Labute approximate surface area is 157 Å². The van der Waals surface area contributed by atoms with E-state index in [-0.39, 0.29) is 5.91 Å². The standard InChI is InChI=1S/C20H22N2O3S/c1-14-19(15(2)25-22-14)12-26-13-20(23)21-9-10-24-18-8-7-16-5-3-4-6-17(16)11-18/h3-8,11H,9-10,12-13H2,1-2H3,(H,21,23). The second-order valence-corrected chi connectivity index (χ2v) is 6.99. The number of fused-ring (bicyclic) bond motifs is 1. The Kier molecular flexibility index (Phi) is 6.17. The van der Waals surface area contributed by atoms with Gasteiger partial charge in [0.2, 0.25) is 5.91 Å². The summed E-state index contributed by atoms with van der Waals surface area (Å²) in [6.07, 6.45) is 0. The molecule has 6 heteroatoms. The van der Waals surface area contributed by atoms with E-state index in [2.05, 4.69) is 22.6 Å². The van der Waals surface area contributed by atoms with Crippen LogP contribution in [0.15, 0.2) is 47.0 Å².